The number of rotatable bonds is 7. The summed E-state index contributed by atoms with van der Waals surface area (Å²) in [5, 5.41) is 9.02. The molecule has 0 bridgehead atoms. The van der Waals surface area contributed by atoms with Crippen molar-refractivity contribution in [3.63, 3.8) is 0 Å². The first-order chi connectivity index (χ1) is 8.76. The van der Waals surface area contributed by atoms with Crippen LogP contribution < -0.4 is 4.74 Å². The third-order valence-corrected chi connectivity index (χ3v) is 3.46. The standard InChI is InChI=1S/C15H22N2O/c1-4-6-12(5-2)14(9-10-16)13-7-8-15(18-3)17-11-13/h7-8,11-12,14H,4-6,9H2,1-3H3. The number of hydrogen-bond donors (Lipinski definition) is 0. The number of hydrogen-bond acceptors (Lipinski definition) is 3. The molecule has 2 atom stereocenters. The van der Waals surface area contributed by atoms with E-state index in [1.807, 2.05) is 18.3 Å². The molecule has 0 aromatic carbocycles. The van der Waals surface area contributed by atoms with E-state index in [-0.39, 0.29) is 0 Å². The van der Waals surface area contributed by atoms with Gasteiger partial charge >= 0.3 is 0 Å². The maximum atomic E-state index is 9.02. The van der Waals surface area contributed by atoms with Gasteiger partial charge in [0.2, 0.25) is 5.88 Å². The summed E-state index contributed by atoms with van der Waals surface area (Å²) in [5.74, 6) is 1.47. The summed E-state index contributed by atoms with van der Waals surface area (Å²) in [4.78, 5) is 4.25. The fourth-order valence-electron chi connectivity index (χ4n) is 2.45. The van der Waals surface area contributed by atoms with Crippen LogP contribution in [0.25, 0.3) is 0 Å². The highest BCUT2D eigenvalue weighted by Gasteiger charge is 2.21. The SMILES string of the molecule is CCCC(CC)C(CC#N)c1ccc(OC)nc1. The van der Waals surface area contributed by atoms with E-state index in [1.54, 1.807) is 7.11 Å². The summed E-state index contributed by atoms with van der Waals surface area (Å²) < 4.78 is 5.07. The molecule has 98 valence electrons. The Morgan fingerprint density at radius 1 is 1.39 bits per heavy atom. The molecule has 3 nitrogen and oxygen atoms in total. The van der Waals surface area contributed by atoms with Crippen LogP contribution in [-0.2, 0) is 0 Å². The minimum atomic E-state index is 0.290. The lowest BCUT2D eigenvalue weighted by Crippen LogP contribution is -2.12. The average molecular weight is 246 g/mol. The molecule has 0 aliphatic carbocycles. The first-order valence-electron chi connectivity index (χ1n) is 6.63. The number of ether oxygens (including phenoxy) is 1. The molecule has 1 heterocycles. The van der Waals surface area contributed by atoms with E-state index in [1.165, 1.54) is 0 Å². The molecule has 0 spiro atoms. The molecule has 1 aromatic heterocycles. The molecule has 0 amide bonds. The molecule has 0 fully saturated rings. The molecule has 1 rings (SSSR count). The van der Waals surface area contributed by atoms with Gasteiger partial charge in [0.15, 0.2) is 0 Å². The van der Waals surface area contributed by atoms with Crippen LogP contribution in [0.15, 0.2) is 18.3 Å². The second-order valence-corrected chi connectivity index (χ2v) is 4.56. The lowest BCUT2D eigenvalue weighted by atomic mass is 9.80. The molecule has 2 unspecified atom stereocenters. The van der Waals surface area contributed by atoms with Crippen LogP contribution >= 0.6 is 0 Å². The molecule has 18 heavy (non-hydrogen) atoms. The number of nitriles is 1. The first kappa shape index (κ1) is 14.5. The molecule has 1 aromatic rings. The lowest BCUT2D eigenvalue weighted by Gasteiger charge is -2.24. The Bertz CT molecular complexity index is 380. The summed E-state index contributed by atoms with van der Waals surface area (Å²) in [7, 11) is 1.61. The molecule has 0 saturated carbocycles. The van der Waals surface area contributed by atoms with Gasteiger partial charge in [-0.25, -0.2) is 4.98 Å². The summed E-state index contributed by atoms with van der Waals surface area (Å²) >= 11 is 0. The van der Waals surface area contributed by atoms with Crippen LogP contribution in [0.5, 0.6) is 5.88 Å². The number of nitrogens with zero attached hydrogens (tertiary/aromatic N) is 2. The number of pyridine rings is 1. The van der Waals surface area contributed by atoms with Gasteiger partial charge in [0, 0.05) is 24.6 Å². The predicted octanol–water partition coefficient (Wildman–Crippen LogP) is 3.91. The van der Waals surface area contributed by atoms with E-state index in [9.17, 15) is 0 Å². The third kappa shape index (κ3) is 3.73. The van der Waals surface area contributed by atoms with Gasteiger partial charge < -0.3 is 4.74 Å². The van der Waals surface area contributed by atoms with Gasteiger partial charge in [-0.2, -0.15) is 5.26 Å². The normalized spacial score (nSPS) is 13.7. The quantitative estimate of drug-likeness (QED) is 0.732. The minimum absolute atomic E-state index is 0.290. The highest BCUT2D eigenvalue weighted by Crippen LogP contribution is 2.33. The van der Waals surface area contributed by atoms with E-state index in [4.69, 9.17) is 10.00 Å². The fourth-order valence-corrected chi connectivity index (χ4v) is 2.45. The fraction of sp³-hybridized carbons (Fsp3) is 0.600. The second-order valence-electron chi connectivity index (χ2n) is 4.56. The highest BCUT2D eigenvalue weighted by molar-refractivity contribution is 5.22. The second kappa shape index (κ2) is 7.71. The third-order valence-electron chi connectivity index (χ3n) is 3.46. The Hall–Kier alpha value is -1.56. The maximum absolute atomic E-state index is 9.02. The Morgan fingerprint density at radius 2 is 2.17 bits per heavy atom. The molecule has 0 aliphatic heterocycles. The van der Waals surface area contributed by atoms with Gasteiger partial charge in [-0.1, -0.05) is 39.2 Å². The van der Waals surface area contributed by atoms with Crippen LogP contribution in [0.2, 0.25) is 0 Å². The smallest absolute Gasteiger partial charge is 0.212 e. The van der Waals surface area contributed by atoms with Crippen molar-refractivity contribution in [2.75, 3.05) is 7.11 Å². The van der Waals surface area contributed by atoms with Gasteiger partial charge in [-0.3, -0.25) is 0 Å². The van der Waals surface area contributed by atoms with Crippen LogP contribution in [0.1, 0.15) is 51.0 Å². The summed E-state index contributed by atoms with van der Waals surface area (Å²) in [6, 6.07) is 6.22. The topological polar surface area (TPSA) is 45.9 Å². The van der Waals surface area contributed by atoms with Crippen LogP contribution in [0, 0.1) is 17.2 Å². The molecular formula is C15H22N2O. The highest BCUT2D eigenvalue weighted by atomic mass is 16.5. The number of aromatic nitrogens is 1. The molecule has 0 N–H and O–H groups in total. The zero-order valence-corrected chi connectivity index (χ0v) is 11.5. The Kier molecular flexibility index (Phi) is 6.21. The first-order valence-corrected chi connectivity index (χ1v) is 6.63. The van der Waals surface area contributed by atoms with Crippen molar-refractivity contribution >= 4 is 0 Å². The zero-order chi connectivity index (χ0) is 13.4. The van der Waals surface area contributed by atoms with Crippen molar-refractivity contribution in [1.82, 2.24) is 4.98 Å². The van der Waals surface area contributed by atoms with E-state index < -0.39 is 0 Å². The van der Waals surface area contributed by atoms with Crippen LogP contribution in [0.4, 0.5) is 0 Å². The van der Waals surface area contributed by atoms with Crippen molar-refractivity contribution in [3.05, 3.63) is 23.9 Å². The zero-order valence-electron chi connectivity index (χ0n) is 11.5. The monoisotopic (exact) mass is 246 g/mol. The van der Waals surface area contributed by atoms with E-state index in [0.29, 0.717) is 24.1 Å². The van der Waals surface area contributed by atoms with Gasteiger partial charge in [-0.15, -0.1) is 0 Å². The minimum Gasteiger partial charge on any atom is -0.481 e. The Balaban J connectivity index is 2.91. The van der Waals surface area contributed by atoms with Gasteiger partial charge in [0.25, 0.3) is 0 Å². The molecule has 0 saturated heterocycles. The number of methoxy groups -OCH3 is 1. The van der Waals surface area contributed by atoms with Crippen LogP contribution in [0.3, 0.4) is 0 Å². The largest absolute Gasteiger partial charge is 0.481 e. The summed E-state index contributed by atoms with van der Waals surface area (Å²) in [6.07, 6.45) is 5.83. The van der Waals surface area contributed by atoms with E-state index in [0.717, 1.165) is 24.8 Å². The maximum Gasteiger partial charge on any atom is 0.212 e. The molecule has 0 radical (unpaired) electrons. The van der Waals surface area contributed by atoms with Gasteiger partial charge in [0.1, 0.15) is 0 Å². The molecule has 0 aliphatic rings. The van der Waals surface area contributed by atoms with Gasteiger partial charge in [-0.05, 0) is 11.5 Å². The molecule has 3 heteroatoms. The lowest BCUT2D eigenvalue weighted by molar-refractivity contribution is 0.377. The van der Waals surface area contributed by atoms with E-state index in [2.05, 4.69) is 24.9 Å². The van der Waals surface area contributed by atoms with Crippen molar-refractivity contribution in [3.8, 4) is 11.9 Å². The summed E-state index contributed by atoms with van der Waals surface area (Å²) in [5.41, 5.74) is 1.15. The summed E-state index contributed by atoms with van der Waals surface area (Å²) in [6.45, 7) is 4.39. The van der Waals surface area contributed by atoms with Crippen molar-refractivity contribution in [2.45, 2.75) is 45.4 Å². The van der Waals surface area contributed by atoms with Crippen molar-refractivity contribution in [1.29, 1.82) is 5.26 Å². The van der Waals surface area contributed by atoms with Crippen molar-refractivity contribution < 1.29 is 4.74 Å². The van der Waals surface area contributed by atoms with E-state index >= 15 is 0 Å². The molecular weight excluding hydrogens is 224 g/mol. The van der Waals surface area contributed by atoms with Gasteiger partial charge in [0.05, 0.1) is 13.2 Å². The van der Waals surface area contributed by atoms with Crippen LogP contribution in [-0.4, -0.2) is 12.1 Å². The Morgan fingerprint density at radius 3 is 2.61 bits per heavy atom. The average Bonchev–Trinajstić information content (AvgIpc) is 2.43. The predicted molar refractivity (Wildman–Crippen MR) is 72.4 cm³/mol. The van der Waals surface area contributed by atoms with Crippen molar-refractivity contribution in [2.24, 2.45) is 5.92 Å². The Labute approximate surface area is 110 Å².